The van der Waals surface area contributed by atoms with Crippen molar-refractivity contribution in [1.29, 1.82) is 0 Å². The van der Waals surface area contributed by atoms with Crippen molar-refractivity contribution in [3.05, 3.63) is 41.6 Å². The molecule has 0 unspecified atom stereocenters. The average Bonchev–Trinajstić information content (AvgIpc) is 2.71. The molecule has 0 aliphatic carbocycles. The summed E-state index contributed by atoms with van der Waals surface area (Å²) in [6, 6.07) is 9.30. The van der Waals surface area contributed by atoms with Gasteiger partial charge in [-0.3, -0.25) is 0 Å². The fourth-order valence-electron chi connectivity index (χ4n) is 3.31. The minimum Gasteiger partial charge on any atom is -0.342 e. The Bertz CT molecular complexity index is 632. The monoisotopic (exact) mass is 254 g/mol. The van der Waals surface area contributed by atoms with Gasteiger partial charge in [-0.1, -0.05) is 24.3 Å². The summed E-state index contributed by atoms with van der Waals surface area (Å²) in [7, 11) is 0. The summed E-state index contributed by atoms with van der Waals surface area (Å²) >= 11 is 0. The van der Waals surface area contributed by atoms with E-state index in [1.807, 2.05) is 0 Å². The first-order valence-corrected chi connectivity index (χ1v) is 7.20. The number of rotatable bonds is 2. The van der Waals surface area contributed by atoms with E-state index < -0.39 is 0 Å². The normalized spacial score (nSPS) is 16.1. The van der Waals surface area contributed by atoms with Crippen LogP contribution in [0.25, 0.3) is 16.5 Å². The molecule has 1 aromatic heterocycles. The Hall–Kier alpha value is -1.54. The van der Waals surface area contributed by atoms with Crippen molar-refractivity contribution in [2.24, 2.45) is 0 Å². The van der Waals surface area contributed by atoms with Gasteiger partial charge in [-0.2, -0.15) is 0 Å². The molecule has 2 nitrogen and oxygen atoms in total. The minimum absolute atomic E-state index is 0.501. The van der Waals surface area contributed by atoms with Crippen molar-refractivity contribution in [3.63, 3.8) is 0 Å². The highest BCUT2D eigenvalue weighted by molar-refractivity contribution is 5.95. The summed E-state index contributed by atoms with van der Waals surface area (Å²) < 4.78 is 2.47. The van der Waals surface area contributed by atoms with Gasteiger partial charge in [0.1, 0.15) is 0 Å². The van der Waals surface area contributed by atoms with Gasteiger partial charge < -0.3 is 9.88 Å². The molecule has 0 bridgehead atoms. The average molecular weight is 254 g/mol. The van der Waals surface area contributed by atoms with Gasteiger partial charge >= 0.3 is 0 Å². The number of fused-ring (bicyclic) bond motifs is 1. The summed E-state index contributed by atoms with van der Waals surface area (Å²) in [5.41, 5.74) is 5.74. The van der Waals surface area contributed by atoms with E-state index in [0.717, 1.165) is 19.5 Å². The highest BCUT2D eigenvalue weighted by atomic mass is 15.0. The van der Waals surface area contributed by atoms with Gasteiger partial charge in [0.15, 0.2) is 0 Å². The van der Waals surface area contributed by atoms with Crippen LogP contribution >= 0.6 is 0 Å². The van der Waals surface area contributed by atoms with Crippen molar-refractivity contribution < 1.29 is 0 Å². The molecule has 0 atom stereocenters. The van der Waals surface area contributed by atoms with Crippen LogP contribution in [0.2, 0.25) is 0 Å². The third-order valence-electron chi connectivity index (χ3n) is 4.06. The number of nitrogens with one attached hydrogen (secondary N) is 1. The second-order valence-electron chi connectivity index (χ2n) is 5.62. The first kappa shape index (κ1) is 12.5. The van der Waals surface area contributed by atoms with Gasteiger partial charge in [0, 0.05) is 34.7 Å². The summed E-state index contributed by atoms with van der Waals surface area (Å²) in [4.78, 5) is 0. The molecule has 0 spiro atoms. The molecule has 1 N–H and O–H groups in total. The Morgan fingerprint density at radius 2 is 2.00 bits per heavy atom. The van der Waals surface area contributed by atoms with Crippen LogP contribution in [0.4, 0.5) is 0 Å². The maximum Gasteiger partial charge on any atom is 0.0491 e. The number of aromatic nitrogens is 1. The lowest BCUT2D eigenvalue weighted by Crippen LogP contribution is -2.20. The highest BCUT2D eigenvalue weighted by Gasteiger charge is 2.18. The molecule has 0 radical (unpaired) electrons. The second kappa shape index (κ2) is 4.86. The molecule has 1 aliphatic rings. The number of benzene rings is 1. The minimum atomic E-state index is 0.501. The van der Waals surface area contributed by atoms with E-state index in [1.165, 1.54) is 27.7 Å². The maximum absolute atomic E-state index is 3.40. The zero-order chi connectivity index (χ0) is 13.4. The van der Waals surface area contributed by atoms with Crippen LogP contribution in [0.3, 0.4) is 0 Å². The lowest BCUT2D eigenvalue weighted by molar-refractivity contribution is 0.607. The molecule has 0 saturated carbocycles. The lowest BCUT2D eigenvalue weighted by atomic mass is 9.97. The molecule has 2 heteroatoms. The maximum atomic E-state index is 3.40. The molecule has 1 aliphatic heterocycles. The number of nitrogens with zero attached hydrogens (tertiary/aromatic N) is 1. The first-order chi connectivity index (χ1) is 9.20. The van der Waals surface area contributed by atoms with Crippen molar-refractivity contribution in [2.45, 2.75) is 33.2 Å². The van der Waals surface area contributed by atoms with Gasteiger partial charge in [0.05, 0.1) is 0 Å². The molecular weight excluding hydrogens is 232 g/mol. The Labute approximate surface area is 115 Å². The second-order valence-corrected chi connectivity index (χ2v) is 5.62. The largest absolute Gasteiger partial charge is 0.342 e. The topological polar surface area (TPSA) is 17.0 Å². The third kappa shape index (κ3) is 2.00. The van der Waals surface area contributed by atoms with E-state index in [-0.39, 0.29) is 0 Å². The van der Waals surface area contributed by atoms with Crippen LogP contribution < -0.4 is 5.32 Å². The van der Waals surface area contributed by atoms with Gasteiger partial charge in [0.2, 0.25) is 0 Å². The van der Waals surface area contributed by atoms with Crippen LogP contribution in [0.5, 0.6) is 0 Å². The van der Waals surface area contributed by atoms with Crippen LogP contribution in [-0.4, -0.2) is 17.7 Å². The zero-order valence-electron chi connectivity index (χ0n) is 12.0. The molecule has 100 valence electrons. The van der Waals surface area contributed by atoms with Gasteiger partial charge in [0.25, 0.3) is 0 Å². The van der Waals surface area contributed by atoms with E-state index in [4.69, 9.17) is 0 Å². The van der Waals surface area contributed by atoms with Gasteiger partial charge in [-0.25, -0.2) is 0 Å². The molecule has 2 heterocycles. The summed E-state index contributed by atoms with van der Waals surface area (Å²) in [6.45, 7) is 8.88. The molecule has 0 amide bonds. The molecule has 1 aromatic carbocycles. The third-order valence-corrected chi connectivity index (χ3v) is 4.06. The van der Waals surface area contributed by atoms with E-state index in [2.05, 4.69) is 61.0 Å². The van der Waals surface area contributed by atoms with Crippen LogP contribution in [0.15, 0.2) is 30.3 Å². The van der Waals surface area contributed by atoms with Gasteiger partial charge in [-0.15, -0.1) is 0 Å². The Morgan fingerprint density at radius 1 is 1.21 bits per heavy atom. The summed E-state index contributed by atoms with van der Waals surface area (Å²) in [6.07, 6.45) is 3.48. The van der Waals surface area contributed by atoms with E-state index >= 15 is 0 Å². The molecule has 0 saturated heterocycles. The van der Waals surface area contributed by atoms with Crippen molar-refractivity contribution in [3.8, 4) is 0 Å². The fourth-order valence-corrected chi connectivity index (χ4v) is 3.31. The summed E-state index contributed by atoms with van der Waals surface area (Å²) in [5.74, 6) is 0. The van der Waals surface area contributed by atoms with Gasteiger partial charge in [-0.05, 0) is 45.4 Å². The van der Waals surface area contributed by atoms with Crippen LogP contribution in [0.1, 0.15) is 37.6 Å². The zero-order valence-corrected chi connectivity index (χ0v) is 12.0. The quantitative estimate of drug-likeness (QED) is 0.860. The molecular formula is C17H22N2. The predicted octanol–water partition coefficient (Wildman–Crippen LogP) is 3.91. The number of hydrogen-bond acceptors (Lipinski definition) is 1. The fraction of sp³-hybridized carbons (Fsp3) is 0.412. The first-order valence-electron chi connectivity index (χ1n) is 7.20. The van der Waals surface area contributed by atoms with Crippen molar-refractivity contribution in [1.82, 2.24) is 9.88 Å². The summed E-state index contributed by atoms with van der Waals surface area (Å²) in [5, 5.41) is 4.80. The van der Waals surface area contributed by atoms with Crippen LogP contribution in [-0.2, 0) is 0 Å². The Balaban J connectivity index is 2.29. The van der Waals surface area contributed by atoms with Crippen molar-refractivity contribution >= 4 is 16.5 Å². The predicted molar refractivity (Wildman–Crippen MR) is 82.5 cm³/mol. The lowest BCUT2D eigenvalue weighted by Gasteiger charge is -2.16. The molecule has 3 rings (SSSR count). The Kier molecular flexibility index (Phi) is 3.19. The molecule has 2 aromatic rings. The van der Waals surface area contributed by atoms with Crippen molar-refractivity contribution in [2.75, 3.05) is 13.1 Å². The highest BCUT2D eigenvalue weighted by Crippen LogP contribution is 2.35. The standard InChI is InChI=1S/C17H22N2/c1-12(2)19-13(3)17(14-8-10-18-11-9-14)15-6-4-5-7-16(15)19/h4-8,12,18H,9-11H2,1-3H3. The Morgan fingerprint density at radius 3 is 2.68 bits per heavy atom. The molecule has 19 heavy (non-hydrogen) atoms. The van der Waals surface area contributed by atoms with E-state index in [9.17, 15) is 0 Å². The van der Waals surface area contributed by atoms with Crippen LogP contribution in [0, 0.1) is 6.92 Å². The smallest absolute Gasteiger partial charge is 0.0491 e. The van der Waals surface area contributed by atoms with E-state index in [1.54, 1.807) is 0 Å². The molecule has 0 fully saturated rings. The van der Waals surface area contributed by atoms with E-state index in [0.29, 0.717) is 6.04 Å². The number of para-hydroxylation sites is 1. The SMILES string of the molecule is Cc1c(C2=CCNCC2)c2ccccc2n1C(C)C. The number of hydrogen-bond donors (Lipinski definition) is 1.